The Labute approximate surface area is 140 Å². The molecule has 1 unspecified atom stereocenters. The van der Waals surface area contributed by atoms with Gasteiger partial charge in [-0.05, 0) is 44.4 Å². The highest BCUT2D eigenvalue weighted by atomic mass is 32.1. The van der Waals surface area contributed by atoms with Gasteiger partial charge < -0.3 is 4.90 Å². The SMILES string of the molecule is Cc1nc(C)c(C(=O)N2CCCCC(c3ccc(F)cc3)C2)s1. The van der Waals surface area contributed by atoms with Crippen molar-refractivity contribution in [1.82, 2.24) is 9.88 Å². The topological polar surface area (TPSA) is 33.2 Å². The molecule has 1 amide bonds. The van der Waals surface area contributed by atoms with Crippen molar-refractivity contribution in [2.45, 2.75) is 39.0 Å². The summed E-state index contributed by atoms with van der Waals surface area (Å²) in [4.78, 5) is 19.9. The van der Waals surface area contributed by atoms with Gasteiger partial charge in [0.05, 0.1) is 10.7 Å². The van der Waals surface area contributed by atoms with Gasteiger partial charge in [0.2, 0.25) is 0 Å². The molecular formula is C18H21FN2OS. The molecule has 0 bridgehead atoms. The number of hydrogen-bond acceptors (Lipinski definition) is 3. The monoisotopic (exact) mass is 332 g/mol. The lowest BCUT2D eigenvalue weighted by Gasteiger charge is -2.24. The van der Waals surface area contributed by atoms with E-state index < -0.39 is 0 Å². The summed E-state index contributed by atoms with van der Waals surface area (Å²) in [5.74, 6) is 0.143. The van der Waals surface area contributed by atoms with E-state index in [4.69, 9.17) is 0 Å². The van der Waals surface area contributed by atoms with Crippen molar-refractivity contribution in [1.29, 1.82) is 0 Å². The number of thiazole rings is 1. The van der Waals surface area contributed by atoms with Crippen molar-refractivity contribution in [2.24, 2.45) is 0 Å². The number of benzene rings is 1. The smallest absolute Gasteiger partial charge is 0.265 e. The Balaban J connectivity index is 1.80. The summed E-state index contributed by atoms with van der Waals surface area (Å²) in [7, 11) is 0. The van der Waals surface area contributed by atoms with Crippen molar-refractivity contribution < 1.29 is 9.18 Å². The zero-order valence-electron chi connectivity index (χ0n) is 13.5. The first-order valence-electron chi connectivity index (χ1n) is 8.03. The molecular weight excluding hydrogens is 311 g/mol. The van der Waals surface area contributed by atoms with Crippen LogP contribution in [0.1, 0.15) is 51.1 Å². The maximum atomic E-state index is 13.1. The molecule has 122 valence electrons. The molecule has 0 aliphatic carbocycles. The highest BCUT2D eigenvalue weighted by Gasteiger charge is 2.26. The third-order valence-corrected chi connectivity index (χ3v) is 5.46. The molecule has 1 aliphatic heterocycles. The first kappa shape index (κ1) is 16.1. The summed E-state index contributed by atoms with van der Waals surface area (Å²) in [5, 5.41) is 0.927. The lowest BCUT2D eigenvalue weighted by atomic mass is 9.94. The van der Waals surface area contributed by atoms with Gasteiger partial charge in [0.15, 0.2) is 0 Å². The summed E-state index contributed by atoms with van der Waals surface area (Å²) < 4.78 is 13.1. The van der Waals surface area contributed by atoms with Gasteiger partial charge in [0.1, 0.15) is 10.7 Å². The zero-order chi connectivity index (χ0) is 16.4. The zero-order valence-corrected chi connectivity index (χ0v) is 14.3. The van der Waals surface area contributed by atoms with Crippen LogP contribution < -0.4 is 0 Å². The molecule has 1 fully saturated rings. The summed E-state index contributed by atoms with van der Waals surface area (Å²) in [6.07, 6.45) is 3.14. The first-order valence-corrected chi connectivity index (χ1v) is 8.85. The minimum absolute atomic E-state index is 0.0853. The number of hydrogen-bond donors (Lipinski definition) is 0. The van der Waals surface area contributed by atoms with Crippen LogP contribution in [0.5, 0.6) is 0 Å². The molecule has 0 saturated carbocycles. The second-order valence-corrected chi connectivity index (χ2v) is 7.35. The minimum atomic E-state index is -0.217. The number of carbonyl (C=O) groups is 1. The molecule has 3 nitrogen and oxygen atoms in total. The maximum absolute atomic E-state index is 13.1. The summed E-state index contributed by atoms with van der Waals surface area (Å²) >= 11 is 1.47. The number of likely N-dealkylation sites (tertiary alicyclic amines) is 1. The third-order valence-electron chi connectivity index (χ3n) is 4.40. The number of carbonyl (C=O) groups excluding carboxylic acids is 1. The second-order valence-electron chi connectivity index (χ2n) is 6.14. The molecule has 1 aliphatic rings. The fourth-order valence-corrected chi connectivity index (χ4v) is 4.09. The first-order chi connectivity index (χ1) is 11.0. The lowest BCUT2D eigenvalue weighted by Crippen LogP contribution is -2.34. The highest BCUT2D eigenvalue weighted by molar-refractivity contribution is 7.13. The van der Waals surface area contributed by atoms with Crippen LogP contribution in [-0.4, -0.2) is 28.9 Å². The molecule has 5 heteroatoms. The van der Waals surface area contributed by atoms with Crippen LogP contribution in [0.25, 0.3) is 0 Å². The van der Waals surface area contributed by atoms with E-state index in [0.29, 0.717) is 6.54 Å². The van der Waals surface area contributed by atoms with Crippen LogP contribution >= 0.6 is 11.3 Å². The van der Waals surface area contributed by atoms with E-state index in [1.807, 2.05) is 30.9 Å². The van der Waals surface area contributed by atoms with Gasteiger partial charge in [-0.25, -0.2) is 9.37 Å². The van der Waals surface area contributed by atoms with Gasteiger partial charge in [0, 0.05) is 19.0 Å². The third kappa shape index (κ3) is 3.61. The Morgan fingerprint density at radius 2 is 2.00 bits per heavy atom. The largest absolute Gasteiger partial charge is 0.337 e. The number of halogens is 1. The van der Waals surface area contributed by atoms with Crippen molar-refractivity contribution in [3.63, 3.8) is 0 Å². The van der Waals surface area contributed by atoms with Gasteiger partial charge in [-0.2, -0.15) is 0 Å². The standard InChI is InChI=1S/C18H21FN2OS/c1-12-17(23-13(2)20-12)18(22)21-10-4-3-5-15(11-21)14-6-8-16(19)9-7-14/h6-9,15H,3-5,10-11H2,1-2H3. The molecule has 1 saturated heterocycles. The summed E-state index contributed by atoms with van der Waals surface area (Å²) in [5.41, 5.74) is 1.93. The molecule has 2 heterocycles. The molecule has 1 aromatic heterocycles. The number of aryl methyl sites for hydroxylation is 2. The number of rotatable bonds is 2. The van der Waals surface area contributed by atoms with E-state index in [-0.39, 0.29) is 17.6 Å². The van der Waals surface area contributed by atoms with E-state index in [2.05, 4.69) is 4.98 Å². The summed E-state index contributed by atoms with van der Waals surface area (Å²) in [6.45, 7) is 5.30. The van der Waals surface area contributed by atoms with E-state index in [1.54, 1.807) is 0 Å². The fourth-order valence-electron chi connectivity index (χ4n) is 3.21. The Morgan fingerprint density at radius 1 is 1.26 bits per heavy atom. The normalized spacial score (nSPS) is 18.7. The number of aromatic nitrogens is 1. The van der Waals surface area contributed by atoms with Crippen molar-refractivity contribution in [3.8, 4) is 0 Å². The van der Waals surface area contributed by atoms with Crippen LogP contribution in [0, 0.1) is 19.7 Å². The minimum Gasteiger partial charge on any atom is -0.337 e. The quantitative estimate of drug-likeness (QED) is 0.821. The lowest BCUT2D eigenvalue weighted by molar-refractivity contribution is 0.0758. The van der Waals surface area contributed by atoms with Crippen molar-refractivity contribution in [3.05, 3.63) is 51.2 Å². The van der Waals surface area contributed by atoms with Crippen molar-refractivity contribution >= 4 is 17.2 Å². The van der Waals surface area contributed by atoms with E-state index in [1.165, 1.54) is 23.5 Å². The molecule has 0 N–H and O–H groups in total. The molecule has 23 heavy (non-hydrogen) atoms. The molecule has 1 aromatic carbocycles. The predicted octanol–water partition coefficient (Wildman–Crippen LogP) is 4.31. The Hall–Kier alpha value is -1.75. The van der Waals surface area contributed by atoms with Gasteiger partial charge in [-0.3, -0.25) is 4.79 Å². The highest BCUT2D eigenvalue weighted by Crippen LogP contribution is 2.28. The Bertz CT molecular complexity index is 696. The molecule has 3 rings (SSSR count). The van der Waals surface area contributed by atoms with E-state index >= 15 is 0 Å². The van der Waals surface area contributed by atoms with E-state index in [0.717, 1.165) is 46.9 Å². The Kier molecular flexibility index (Phi) is 4.76. The predicted molar refractivity (Wildman–Crippen MR) is 90.5 cm³/mol. The van der Waals surface area contributed by atoms with Crippen LogP contribution in [0.15, 0.2) is 24.3 Å². The maximum Gasteiger partial charge on any atom is 0.265 e. The van der Waals surface area contributed by atoms with Crippen LogP contribution in [-0.2, 0) is 0 Å². The summed E-state index contributed by atoms with van der Waals surface area (Å²) in [6, 6.07) is 6.69. The molecule has 1 atom stereocenters. The van der Waals surface area contributed by atoms with Gasteiger partial charge in [-0.15, -0.1) is 11.3 Å². The number of nitrogens with zero attached hydrogens (tertiary/aromatic N) is 2. The average molecular weight is 332 g/mol. The van der Waals surface area contributed by atoms with E-state index in [9.17, 15) is 9.18 Å². The van der Waals surface area contributed by atoms with Gasteiger partial charge >= 0.3 is 0 Å². The van der Waals surface area contributed by atoms with Crippen LogP contribution in [0.4, 0.5) is 4.39 Å². The molecule has 0 spiro atoms. The van der Waals surface area contributed by atoms with Gasteiger partial charge in [0.25, 0.3) is 5.91 Å². The Morgan fingerprint density at radius 3 is 2.65 bits per heavy atom. The van der Waals surface area contributed by atoms with Gasteiger partial charge in [-0.1, -0.05) is 18.6 Å². The van der Waals surface area contributed by atoms with Crippen molar-refractivity contribution in [2.75, 3.05) is 13.1 Å². The molecule has 0 radical (unpaired) electrons. The average Bonchev–Trinajstić information content (AvgIpc) is 2.74. The van der Waals surface area contributed by atoms with Crippen LogP contribution in [0.2, 0.25) is 0 Å². The second kappa shape index (κ2) is 6.79. The number of amides is 1. The molecule has 2 aromatic rings. The fraction of sp³-hybridized carbons (Fsp3) is 0.444. The van der Waals surface area contributed by atoms with Crippen LogP contribution in [0.3, 0.4) is 0 Å².